The maximum atomic E-state index is 11.2. The van der Waals surface area contributed by atoms with Gasteiger partial charge >= 0.3 is 5.97 Å². The van der Waals surface area contributed by atoms with Gasteiger partial charge in [0, 0.05) is 6.54 Å². The second-order valence-electron chi connectivity index (χ2n) is 4.42. The largest absolute Gasteiger partial charge is 0.482 e. The molecule has 19 heavy (non-hydrogen) atoms. The van der Waals surface area contributed by atoms with Crippen LogP contribution in [0.2, 0.25) is 0 Å². The van der Waals surface area contributed by atoms with Gasteiger partial charge in [-0.2, -0.15) is 0 Å². The van der Waals surface area contributed by atoms with Gasteiger partial charge in [0.1, 0.15) is 5.75 Å². The lowest BCUT2D eigenvalue weighted by molar-refractivity contribution is -0.141. The van der Waals surface area contributed by atoms with Crippen molar-refractivity contribution in [2.45, 2.75) is 6.54 Å². The Kier molecular flexibility index (Phi) is 4.01. The first kappa shape index (κ1) is 13.4. The van der Waals surface area contributed by atoms with E-state index in [1.165, 1.54) is 7.11 Å². The molecule has 1 aromatic rings. The lowest BCUT2D eigenvalue weighted by Gasteiger charge is -2.20. The van der Waals surface area contributed by atoms with E-state index in [0.29, 0.717) is 18.0 Å². The fraction of sp³-hybridized carbons (Fsp3) is 0.385. The summed E-state index contributed by atoms with van der Waals surface area (Å²) in [5.74, 6) is 0.226. The monoisotopic (exact) mass is 264 g/mol. The second-order valence-corrected chi connectivity index (χ2v) is 4.42. The summed E-state index contributed by atoms with van der Waals surface area (Å²) in [4.78, 5) is 24.2. The van der Waals surface area contributed by atoms with E-state index >= 15 is 0 Å². The molecule has 0 unspecified atom stereocenters. The molecule has 0 aliphatic carbocycles. The van der Waals surface area contributed by atoms with Crippen LogP contribution in [0.3, 0.4) is 0 Å². The van der Waals surface area contributed by atoms with E-state index in [-0.39, 0.29) is 25.0 Å². The van der Waals surface area contributed by atoms with E-state index in [1.807, 2.05) is 30.1 Å². The van der Waals surface area contributed by atoms with Crippen LogP contribution in [-0.2, 0) is 20.9 Å². The summed E-state index contributed by atoms with van der Waals surface area (Å²) in [5, 5.41) is 2.75. The molecule has 2 rings (SSSR count). The van der Waals surface area contributed by atoms with Crippen molar-refractivity contribution in [1.82, 2.24) is 4.90 Å². The Hall–Kier alpha value is -2.08. The predicted molar refractivity (Wildman–Crippen MR) is 68.9 cm³/mol. The van der Waals surface area contributed by atoms with Gasteiger partial charge < -0.3 is 14.8 Å². The minimum atomic E-state index is -0.280. The van der Waals surface area contributed by atoms with Crippen molar-refractivity contribution in [3.8, 4) is 5.75 Å². The van der Waals surface area contributed by atoms with Crippen LogP contribution < -0.4 is 10.1 Å². The van der Waals surface area contributed by atoms with E-state index in [9.17, 15) is 9.59 Å². The fourth-order valence-electron chi connectivity index (χ4n) is 1.88. The Morgan fingerprint density at radius 3 is 3.05 bits per heavy atom. The van der Waals surface area contributed by atoms with Crippen LogP contribution in [0.25, 0.3) is 0 Å². The summed E-state index contributed by atoms with van der Waals surface area (Å²) >= 11 is 0. The highest BCUT2D eigenvalue weighted by Crippen LogP contribution is 2.28. The third kappa shape index (κ3) is 3.45. The molecule has 0 aromatic heterocycles. The van der Waals surface area contributed by atoms with E-state index in [4.69, 9.17) is 4.74 Å². The molecule has 1 amide bonds. The van der Waals surface area contributed by atoms with Crippen LogP contribution in [0.1, 0.15) is 5.56 Å². The number of amides is 1. The molecule has 102 valence electrons. The average molecular weight is 264 g/mol. The minimum Gasteiger partial charge on any atom is -0.482 e. The molecule has 0 spiro atoms. The van der Waals surface area contributed by atoms with Crippen molar-refractivity contribution in [3.63, 3.8) is 0 Å². The van der Waals surface area contributed by atoms with Crippen molar-refractivity contribution in [2.24, 2.45) is 0 Å². The smallest absolute Gasteiger partial charge is 0.319 e. The molecule has 6 nitrogen and oxygen atoms in total. The van der Waals surface area contributed by atoms with Gasteiger partial charge in [-0.25, -0.2) is 0 Å². The van der Waals surface area contributed by atoms with Gasteiger partial charge in [-0.1, -0.05) is 6.07 Å². The van der Waals surface area contributed by atoms with Crippen LogP contribution >= 0.6 is 0 Å². The van der Waals surface area contributed by atoms with E-state index < -0.39 is 0 Å². The maximum absolute atomic E-state index is 11.2. The van der Waals surface area contributed by atoms with Crippen LogP contribution in [-0.4, -0.2) is 44.1 Å². The van der Waals surface area contributed by atoms with Crippen molar-refractivity contribution in [2.75, 3.05) is 32.6 Å². The Balaban J connectivity index is 2.03. The third-order valence-corrected chi connectivity index (χ3v) is 2.76. The predicted octanol–water partition coefficient (Wildman–Crippen LogP) is 0.622. The fourth-order valence-corrected chi connectivity index (χ4v) is 1.88. The summed E-state index contributed by atoms with van der Waals surface area (Å²) in [5.41, 5.74) is 1.65. The number of esters is 1. The van der Waals surface area contributed by atoms with Crippen LogP contribution in [0.5, 0.6) is 5.75 Å². The number of methoxy groups -OCH3 is 1. The van der Waals surface area contributed by atoms with Crippen molar-refractivity contribution in [1.29, 1.82) is 0 Å². The SMILES string of the molecule is COC(=O)CN(C)Cc1ccc2c(c1)NC(=O)CO2. The van der Waals surface area contributed by atoms with Gasteiger partial charge in [-0.05, 0) is 24.7 Å². The molecular weight excluding hydrogens is 248 g/mol. The van der Waals surface area contributed by atoms with E-state index in [0.717, 1.165) is 5.56 Å². The number of ether oxygens (including phenoxy) is 2. The lowest BCUT2D eigenvalue weighted by atomic mass is 10.1. The van der Waals surface area contributed by atoms with E-state index in [1.54, 1.807) is 0 Å². The van der Waals surface area contributed by atoms with Crippen molar-refractivity contribution < 1.29 is 19.1 Å². The zero-order chi connectivity index (χ0) is 13.8. The first-order valence-electron chi connectivity index (χ1n) is 5.89. The molecule has 1 N–H and O–H groups in total. The minimum absolute atomic E-state index is 0.0502. The number of rotatable bonds is 4. The van der Waals surface area contributed by atoms with Gasteiger partial charge in [0.25, 0.3) is 5.91 Å². The summed E-state index contributed by atoms with van der Waals surface area (Å²) in [6, 6.07) is 5.57. The molecule has 0 radical (unpaired) electrons. The first-order valence-corrected chi connectivity index (χ1v) is 5.89. The van der Waals surface area contributed by atoms with Gasteiger partial charge in [-0.15, -0.1) is 0 Å². The highest BCUT2D eigenvalue weighted by Gasteiger charge is 2.16. The van der Waals surface area contributed by atoms with Crippen molar-refractivity contribution >= 4 is 17.6 Å². The Bertz CT molecular complexity index is 501. The molecule has 6 heteroatoms. The van der Waals surface area contributed by atoms with Crippen LogP contribution in [0.4, 0.5) is 5.69 Å². The Morgan fingerprint density at radius 1 is 1.53 bits per heavy atom. The second kappa shape index (κ2) is 5.71. The van der Waals surface area contributed by atoms with Crippen LogP contribution in [0.15, 0.2) is 18.2 Å². The average Bonchev–Trinajstić information content (AvgIpc) is 2.37. The number of fused-ring (bicyclic) bond motifs is 1. The van der Waals surface area contributed by atoms with Gasteiger partial charge in [-0.3, -0.25) is 14.5 Å². The Labute approximate surface area is 111 Å². The highest BCUT2D eigenvalue weighted by atomic mass is 16.5. The molecule has 0 bridgehead atoms. The summed E-state index contributed by atoms with van der Waals surface area (Å²) < 4.78 is 9.88. The quantitative estimate of drug-likeness (QED) is 0.808. The molecule has 1 heterocycles. The summed E-state index contributed by atoms with van der Waals surface area (Å²) in [7, 11) is 3.19. The highest BCUT2D eigenvalue weighted by molar-refractivity contribution is 5.95. The standard InChI is InChI=1S/C13H16N2O4/c1-15(7-13(17)18-2)6-9-3-4-11-10(5-9)14-12(16)8-19-11/h3-5H,6-8H2,1-2H3,(H,14,16). The molecule has 1 aromatic carbocycles. The molecule has 1 aliphatic heterocycles. The zero-order valence-electron chi connectivity index (χ0n) is 10.9. The number of nitrogens with one attached hydrogen (secondary N) is 1. The molecule has 0 saturated carbocycles. The summed E-state index contributed by atoms with van der Waals surface area (Å²) in [6.45, 7) is 0.850. The third-order valence-electron chi connectivity index (χ3n) is 2.76. The number of anilines is 1. The number of carbonyl (C=O) groups excluding carboxylic acids is 2. The number of benzene rings is 1. The number of carbonyl (C=O) groups is 2. The summed E-state index contributed by atoms with van der Waals surface area (Å²) in [6.07, 6.45) is 0. The molecular formula is C13H16N2O4. The number of likely N-dealkylation sites (N-methyl/N-ethyl adjacent to an activating group) is 1. The number of nitrogens with zero attached hydrogens (tertiary/aromatic N) is 1. The van der Waals surface area contributed by atoms with Gasteiger partial charge in [0.05, 0.1) is 19.3 Å². The van der Waals surface area contributed by atoms with E-state index in [2.05, 4.69) is 10.1 Å². The lowest BCUT2D eigenvalue weighted by Crippen LogP contribution is -2.27. The normalized spacial score (nSPS) is 13.5. The number of hydrogen-bond donors (Lipinski definition) is 1. The molecule has 0 fully saturated rings. The molecule has 1 aliphatic rings. The van der Waals surface area contributed by atoms with Gasteiger partial charge in [0.2, 0.25) is 0 Å². The molecule has 0 saturated heterocycles. The maximum Gasteiger partial charge on any atom is 0.319 e. The Morgan fingerprint density at radius 2 is 2.32 bits per heavy atom. The molecule has 0 atom stereocenters. The zero-order valence-corrected chi connectivity index (χ0v) is 10.9. The van der Waals surface area contributed by atoms with Crippen LogP contribution in [0, 0.1) is 0 Å². The van der Waals surface area contributed by atoms with Gasteiger partial charge in [0.15, 0.2) is 6.61 Å². The number of hydrogen-bond acceptors (Lipinski definition) is 5. The van der Waals surface area contributed by atoms with Crippen molar-refractivity contribution in [3.05, 3.63) is 23.8 Å². The first-order chi connectivity index (χ1) is 9.08. The topological polar surface area (TPSA) is 67.9 Å².